The highest BCUT2D eigenvalue weighted by atomic mass is 19.4. The van der Waals surface area contributed by atoms with Crippen LogP contribution in [0.25, 0.3) is 0 Å². The zero-order valence-electron chi connectivity index (χ0n) is 7.93. The molecule has 2 bridgehead atoms. The van der Waals surface area contributed by atoms with Gasteiger partial charge in [-0.1, -0.05) is 0 Å². The molecule has 82 valence electrons. The highest BCUT2D eigenvalue weighted by Gasteiger charge is 2.44. The van der Waals surface area contributed by atoms with Gasteiger partial charge in [0.25, 0.3) is 0 Å². The predicted octanol–water partition coefficient (Wildman–Crippen LogP) is 1.50. The summed E-state index contributed by atoms with van der Waals surface area (Å²) >= 11 is 0. The van der Waals surface area contributed by atoms with Gasteiger partial charge in [-0.25, -0.2) is 0 Å². The Morgan fingerprint density at radius 2 is 1.64 bits per heavy atom. The van der Waals surface area contributed by atoms with Crippen LogP contribution < -0.4 is 5.73 Å². The van der Waals surface area contributed by atoms with Crippen LogP contribution in [0.5, 0.6) is 0 Å². The Morgan fingerprint density at radius 3 is 2.07 bits per heavy atom. The predicted molar refractivity (Wildman–Crippen MR) is 46.8 cm³/mol. The van der Waals surface area contributed by atoms with Gasteiger partial charge in [-0.05, 0) is 25.7 Å². The van der Waals surface area contributed by atoms with E-state index in [0.717, 1.165) is 25.7 Å². The molecule has 0 spiro atoms. The molecule has 0 saturated carbocycles. The zero-order chi connectivity index (χ0) is 10.3. The van der Waals surface area contributed by atoms with Gasteiger partial charge in [0.1, 0.15) is 0 Å². The molecular formula is C9H15F3N2. The minimum absolute atomic E-state index is 0.0744. The van der Waals surface area contributed by atoms with Gasteiger partial charge < -0.3 is 5.73 Å². The summed E-state index contributed by atoms with van der Waals surface area (Å²) in [6.07, 6.45) is -0.843. The molecule has 2 atom stereocenters. The lowest BCUT2D eigenvalue weighted by molar-refractivity contribution is -0.155. The Bertz CT molecular complexity index is 203. The first-order chi connectivity index (χ1) is 6.46. The molecule has 2 nitrogen and oxygen atoms in total. The fourth-order valence-corrected chi connectivity index (χ4v) is 2.78. The smallest absolute Gasteiger partial charge is 0.328 e. The van der Waals surface area contributed by atoms with Gasteiger partial charge in [-0.3, -0.25) is 4.90 Å². The minimum Gasteiger partial charge on any atom is -0.328 e. The Morgan fingerprint density at radius 1 is 1.14 bits per heavy atom. The lowest BCUT2D eigenvalue weighted by atomic mass is 9.98. The maximum atomic E-state index is 12.2. The second-order valence-corrected chi connectivity index (χ2v) is 4.40. The number of alkyl halides is 3. The number of nitrogens with two attached hydrogens (primary N) is 1. The molecule has 0 aromatic rings. The summed E-state index contributed by atoms with van der Waals surface area (Å²) in [5.74, 6) is 0. The summed E-state index contributed by atoms with van der Waals surface area (Å²) in [6, 6.07) is 0.257. The molecule has 0 aromatic carbocycles. The highest BCUT2D eigenvalue weighted by molar-refractivity contribution is 4.97. The topological polar surface area (TPSA) is 29.3 Å². The normalized spacial score (nSPS) is 39.0. The number of hydrogen-bond acceptors (Lipinski definition) is 2. The average molecular weight is 208 g/mol. The van der Waals surface area contributed by atoms with Crippen LogP contribution in [0, 0.1) is 0 Å². The van der Waals surface area contributed by atoms with E-state index in [1.54, 1.807) is 4.90 Å². The SMILES string of the molecule is NC1C[C@@H]2CC[C@@H](C1)N2CC(F)(F)F. The third-order valence-corrected chi connectivity index (χ3v) is 3.28. The molecule has 0 radical (unpaired) electrons. The van der Waals surface area contributed by atoms with Crippen LogP contribution in [0.4, 0.5) is 13.2 Å². The summed E-state index contributed by atoms with van der Waals surface area (Å²) in [6.45, 7) is -0.755. The minimum atomic E-state index is -4.07. The average Bonchev–Trinajstić information content (AvgIpc) is 2.31. The molecule has 0 aromatic heterocycles. The molecule has 2 saturated heterocycles. The van der Waals surface area contributed by atoms with E-state index in [1.165, 1.54) is 0 Å². The van der Waals surface area contributed by atoms with Gasteiger partial charge in [-0.15, -0.1) is 0 Å². The van der Waals surface area contributed by atoms with Crippen molar-refractivity contribution in [3.63, 3.8) is 0 Å². The second-order valence-electron chi connectivity index (χ2n) is 4.40. The van der Waals surface area contributed by atoms with Gasteiger partial charge in [0.05, 0.1) is 6.54 Å². The van der Waals surface area contributed by atoms with Crippen molar-refractivity contribution < 1.29 is 13.2 Å². The van der Waals surface area contributed by atoms with Gasteiger partial charge in [0.15, 0.2) is 0 Å². The summed E-state index contributed by atoms with van der Waals surface area (Å²) in [5.41, 5.74) is 5.77. The molecule has 5 heteroatoms. The summed E-state index contributed by atoms with van der Waals surface area (Å²) in [7, 11) is 0. The van der Waals surface area contributed by atoms with Gasteiger partial charge in [0, 0.05) is 18.1 Å². The zero-order valence-corrected chi connectivity index (χ0v) is 7.93. The van der Waals surface area contributed by atoms with Gasteiger partial charge >= 0.3 is 6.18 Å². The third-order valence-electron chi connectivity index (χ3n) is 3.28. The first kappa shape index (κ1) is 10.2. The number of nitrogens with zero attached hydrogens (tertiary/aromatic N) is 1. The van der Waals surface area contributed by atoms with E-state index >= 15 is 0 Å². The molecule has 0 unspecified atom stereocenters. The fourth-order valence-electron chi connectivity index (χ4n) is 2.78. The van der Waals surface area contributed by atoms with Crippen LogP contribution in [-0.2, 0) is 0 Å². The molecule has 0 amide bonds. The molecule has 2 fully saturated rings. The quantitative estimate of drug-likeness (QED) is 0.707. The number of halogens is 3. The van der Waals surface area contributed by atoms with E-state index in [9.17, 15) is 13.2 Å². The second kappa shape index (κ2) is 3.38. The molecule has 0 aliphatic carbocycles. The molecule has 2 N–H and O–H groups in total. The van der Waals surface area contributed by atoms with E-state index < -0.39 is 12.7 Å². The maximum absolute atomic E-state index is 12.2. The van der Waals surface area contributed by atoms with Crippen LogP contribution in [0.15, 0.2) is 0 Å². The van der Waals surface area contributed by atoms with E-state index in [4.69, 9.17) is 5.73 Å². The highest BCUT2D eigenvalue weighted by Crippen LogP contribution is 2.36. The molecule has 2 aliphatic heterocycles. The van der Waals surface area contributed by atoms with E-state index in [2.05, 4.69) is 0 Å². The summed E-state index contributed by atoms with van der Waals surface area (Å²) in [5, 5.41) is 0. The van der Waals surface area contributed by atoms with Gasteiger partial charge in [0.2, 0.25) is 0 Å². The summed E-state index contributed by atoms with van der Waals surface area (Å²) in [4.78, 5) is 1.60. The Labute approximate surface area is 81.2 Å². The van der Waals surface area contributed by atoms with E-state index in [1.807, 2.05) is 0 Å². The first-order valence-electron chi connectivity index (χ1n) is 5.04. The fraction of sp³-hybridized carbons (Fsp3) is 1.00. The van der Waals surface area contributed by atoms with Crippen LogP contribution in [0.3, 0.4) is 0 Å². The largest absolute Gasteiger partial charge is 0.401 e. The number of rotatable bonds is 1. The van der Waals surface area contributed by atoms with E-state index in [-0.39, 0.29) is 18.1 Å². The standard InChI is InChI=1S/C9H15F3N2/c10-9(11,12)5-14-7-1-2-8(14)4-6(13)3-7/h6-8H,1-5,13H2/t7-,8-/m0/s1. The van der Waals surface area contributed by atoms with Crippen molar-refractivity contribution in [2.45, 2.75) is 50.0 Å². The van der Waals surface area contributed by atoms with Crippen molar-refractivity contribution in [1.82, 2.24) is 4.90 Å². The third kappa shape index (κ3) is 2.03. The monoisotopic (exact) mass is 208 g/mol. The molecule has 14 heavy (non-hydrogen) atoms. The van der Waals surface area contributed by atoms with Crippen LogP contribution in [-0.4, -0.2) is 35.7 Å². The molecule has 2 heterocycles. The number of fused-ring (bicyclic) bond motifs is 2. The number of hydrogen-bond donors (Lipinski definition) is 1. The molecular weight excluding hydrogens is 193 g/mol. The maximum Gasteiger partial charge on any atom is 0.401 e. The van der Waals surface area contributed by atoms with Gasteiger partial charge in [-0.2, -0.15) is 13.2 Å². The lowest BCUT2D eigenvalue weighted by Crippen LogP contribution is -2.50. The lowest BCUT2D eigenvalue weighted by Gasteiger charge is -2.37. The van der Waals surface area contributed by atoms with Crippen molar-refractivity contribution in [2.24, 2.45) is 5.73 Å². The van der Waals surface area contributed by atoms with Crippen LogP contribution >= 0.6 is 0 Å². The first-order valence-corrected chi connectivity index (χ1v) is 5.04. The van der Waals surface area contributed by atoms with Crippen molar-refractivity contribution >= 4 is 0 Å². The summed E-state index contributed by atoms with van der Waals surface area (Å²) < 4.78 is 36.7. The molecule has 2 aliphatic rings. The molecule has 2 rings (SSSR count). The van der Waals surface area contributed by atoms with Crippen molar-refractivity contribution in [3.05, 3.63) is 0 Å². The van der Waals surface area contributed by atoms with Crippen molar-refractivity contribution in [2.75, 3.05) is 6.54 Å². The van der Waals surface area contributed by atoms with Crippen LogP contribution in [0.1, 0.15) is 25.7 Å². The van der Waals surface area contributed by atoms with Crippen molar-refractivity contribution in [3.8, 4) is 0 Å². The van der Waals surface area contributed by atoms with Crippen LogP contribution in [0.2, 0.25) is 0 Å². The van der Waals surface area contributed by atoms with Crippen molar-refractivity contribution in [1.29, 1.82) is 0 Å². The number of piperidine rings is 1. The Kier molecular flexibility index (Phi) is 2.47. The Hall–Kier alpha value is -0.290. The van der Waals surface area contributed by atoms with E-state index in [0.29, 0.717) is 0 Å². The Balaban J connectivity index is 2.01.